The van der Waals surface area contributed by atoms with Crippen LogP contribution in [0.3, 0.4) is 0 Å². The Morgan fingerprint density at radius 3 is 2.88 bits per heavy atom. The number of hydrogen-bond acceptors (Lipinski definition) is 4. The van der Waals surface area contributed by atoms with Gasteiger partial charge in [0, 0.05) is 18.9 Å². The highest BCUT2D eigenvalue weighted by Gasteiger charge is 2.29. The lowest BCUT2D eigenvalue weighted by atomic mass is 10.1. The molecule has 1 fully saturated rings. The van der Waals surface area contributed by atoms with Crippen LogP contribution in [0.15, 0.2) is 25.0 Å². The predicted molar refractivity (Wildman–Crippen MR) is 57.4 cm³/mol. The van der Waals surface area contributed by atoms with Crippen molar-refractivity contribution >= 4 is 11.7 Å². The molecule has 5 nitrogen and oxygen atoms in total. The molecule has 0 bridgehead atoms. The second kappa shape index (κ2) is 4.11. The van der Waals surface area contributed by atoms with Gasteiger partial charge in [-0.3, -0.25) is 9.69 Å². The van der Waals surface area contributed by atoms with Gasteiger partial charge in [0.2, 0.25) is 5.91 Å². The van der Waals surface area contributed by atoms with E-state index >= 15 is 0 Å². The molecular formula is C11H10N4O. The van der Waals surface area contributed by atoms with Crippen molar-refractivity contribution in [1.82, 2.24) is 9.97 Å². The average molecular weight is 214 g/mol. The van der Waals surface area contributed by atoms with Crippen LogP contribution in [0.25, 0.3) is 0 Å². The molecule has 1 aliphatic heterocycles. The highest BCUT2D eigenvalue weighted by molar-refractivity contribution is 5.94. The molecule has 1 atom stereocenters. The minimum Gasteiger partial charge on any atom is -0.295 e. The fourth-order valence-electron chi connectivity index (χ4n) is 1.63. The van der Waals surface area contributed by atoms with E-state index in [1.807, 2.05) is 6.07 Å². The van der Waals surface area contributed by atoms with Gasteiger partial charge in [0.15, 0.2) is 11.5 Å². The third-order valence-corrected chi connectivity index (χ3v) is 2.52. The van der Waals surface area contributed by atoms with Crippen LogP contribution in [0, 0.1) is 17.2 Å². The second-order valence-corrected chi connectivity index (χ2v) is 3.58. The van der Waals surface area contributed by atoms with Crippen LogP contribution in [0.1, 0.15) is 12.1 Å². The van der Waals surface area contributed by atoms with Crippen LogP contribution in [0.2, 0.25) is 0 Å². The summed E-state index contributed by atoms with van der Waals surface area (Å²) in [6.07, 6.45) is 5.05. The number of rotatable bonds is 2. The highest BCUT2D eigenvalue weighted by Crippen LogP contribution is 2.23. The number of anilines is 1. The molecule has 1 unspecified atom stereocenters. The maximum Gasteiger partial charge on any atom is 0.228 e. The molecule has 0 radical (unpaired) electrons. The van der Waals surface area contributed by atoms with Gasteiger partial charge in [-0.2, -0.15) is 5.26 Å². The smallest absolute Gasteiger partial charge is 0.228 e. The fraction of sp³-hybridized carbons (Fsp3) is 0.273. The van der Waals surface area contributed by atoms with Crippen molar-refractivity contribution in [3.8, 4) is 6.07 Å². The van der Waals surface area contributed by atoms with Crippen LogP contribution in [0.5, 0.6) is 0 Å². The lowest BCUT2D eigenvalue weighted by Gasteiger charge is -2.13. The van der Waals surface area contributed by atoms with Crippen molar-refractivity contribution in [3.63, 3.8) is 0 Å². The van der Waals surface area contributed by atoms with Crippen LogP contribution in [-0.4, -0.2) is 22.4 Å². The molecule has 0 aromatic carbocycles. The van der Waals surface area contributed by atoms with E-state index in [0.717, 1.165) is 0 Å². The number of aromatic nitrogens is 2. The molecule has 1 amide bonds. The molecule has 0 aliphatic carbocycles. The van der Waals surface area contributed by atoms with Gasteiger partial charge in [0.25, 0.3) is 0 Å². The summed E-state index contributed by atoms with van der Waals surface area (Å²) >= 11 is 0. The first-order chi connectivity index (χ1) is 7.74. The van der Waals surface area contributed by atoms with E-state index in [-0.39, 0.29) is 17.5 Å². The Morgan fingerprint density at radius 1 is 1.56 bits per heavy atom. The zero-order valence-electron chi connectivity index (χ0n) is 8.63. The summed E-state index contributed by atoms with van der Waals surface area (Å²) in [5, 5.41) is 8.58. The van der Waals surface area contributed by atoms with Gasteiger partial charge in [-0.05, 0) is 0 Å². The van der Waals surface area contributed by atoms with E-state index in [1.54, 1.807) is 11.0 Å². The molecule has 0 N–H and O–H groups in total. The van der Waals surface area contributed by atoms with E-state index in [9.17, 15) is 4.79 Å². The third kappa shape index (κ3) is 1.77. The van der Waals surface area contributed by atoms with Crippen molar-refractivity contribution in [1.29, 1.82) is 5.26 Å². The molecule has 1 aliphatic rings. The molecule has 0 saturated carbocycles. The summed E-state index contributed by atoms with van der Waals surface area (Å²) in [6, 6.07) is 1.88. The summed E-state index contributed by atoms with van der Waals surface area (Å²) in [6.45, 7) is 4.26. The summed E-state index contributed by atoms with van der Waals surface area (Å²) in [5.74, 6) is 0.683. The van der Waals surface area contributed by atoms with E-state index in [1.165, 1.54) is 12.4 Å². The minimum atomic E-state index is 0.0175. The largest absolute Gasteiger partial charge is 0.295 e. The van der Waals surface area contributed by atoms with Crippen molar-refractivity contribution in [2.24, 2.45) is 5.92 Å². The zero-order valence-corrected chi connectivity index (χ0v) is 8.63. The molecule has 1 aromatic heterocycles. The molecular weight excluding hydrogens is 204 g/mol. The normalized spacial score (nSPS) is 19.6. The quantitative estimate of drug-likeness (QED) is 0.685. The van der Waals surface area contributed by atoms with Gasteiger partial charge >= 0.3 is 0 Å². The Bertz CT molecular complexity index is 460. The molecule has 80 valence electrons. The lowest BCUT2D eigenvalue weighted by Crippen LogP contribution is -2.25. The Balaban J connectivity index is 2.22. The molecule has 16 heavy (non-hydrogen) atoms. The van der Waals surface area contributed by atoms with Crippen molar-refractivity contribution < 1.29 is 4.79 Å². The average Bonchev–Trinajstić information content (AvgIpc) is 2.71. The van der Waals surface area contributed by atoms with E-state index in [4.69, 9.17) is 5.26 Å². The number of amides is 1. The summed E-state index contributed by atoms with van der Waals surface area (Å²) in [4.78, 5) is 21.1. The van der Waals surface area contributed by atoms with Crippen molar-refractivity contribution in [2.45, 2.75) is 6.42 Å². The van der Waals surface area contributed by atoms with Gasteiger partial charge in [0.1, 0.15) is 6.07 Å². The number of carbonyl (C=O) groups excluding carboxylic acids is 1. The summed E-state index contributed by atoms with van der Waals surface area (Å²) in [7, 11) is 0. The summed E-state index contributed by atoms with van der Waals surface area (Å²) < 4.78 is 0. The van der Waals surface area contributed by atoms with Crippen LogP contribution >= 0.6 is 0 Å². The van der Waals surface area contributed by atoms with E-state index in [0.29, 0.717) is 18.8 Å². The van der Waals surface area contributed by atoms with E-state index in [2.05, 4.69) is 16.5 Å². The minimum absolute atomic E-state index is 0.0175. The van der Waals surface area contributed by atoms with Crippen molar-refractivity contribution in [3.05, 3.63) is 30.7 Å². The van der Waals surface area contributed by atoms with Crippen molar-refractivity contribution in [2.75, 3.05) is 11.4 Å². The van der Waals surface area contributed by atoms with E-state index < -0.39 is 0 Å². The Labute approximate surface area is 93.0 Å². The first-order valence-electron chi connectivity index (χ1n) is 4.89. The second-order valence-electron chi connectivity index (χ2n) is 3.58. The third-order valence-electron chi connectivity index (χ3n) is 2.52. The first-order valence-corrected chi connectivity index (χ1v) is 4.89. The number of carbonyl (C=O) groups is 1. The van der Waals surface area contributed by atoms with Gasteiger partial charge in [0.05, 0.1) is 12.4 Å². The highest BCUT2D eigenvalue weighted by atomic mass is 16.2. The number of hydrogen-bond donors (Lipinski definition) is 0. The monoisotopic (exact) mass is 214 g/mol. The number of nitriles is 1. The Morgan fingerprint density at radius 2 is 2.38 bits per heavy atom. The topological polar surface area (TPSA) is 69.9 Å². The van der Waals surface area contributed by atoms with Crippen LogP contribution in [0.4, 0.5) is 5.82 Å². The zero-order chi connectivity index (χ0) is 11.5. The molecule has 2 heterocycles. The van der Waals surface area contributed by atoms with Gasteiger partial charge in [-0.1, -0.05) is 6.08 Å². The standard InChI is InChI=1S/C11H10N4O/c1-2-8-3-11(16)15(7-8)10-6-13-9(4-12)5-14-10/h2,5-6,8H,1,3,7H2. The number of nitrogens with zero attached hydrogens (tertiary/aromatic N) is 4. The Hall–Kier alpha value is -2.22. The van der Waals surface area contributed by atoms with Crippen LogP contribution < -0.4 is 4.90 Å². The maximum absolute atomic E-state index is 11.6. The van der Waals surface area contributed by atoms with Gasteiger partial charge < -0.3 is 0 Å². The first kappa shape index (κ1) is 10.3. The lowest BCUT2D eigenvalue weighted by molar-refractivity contribution is -0.117. The molecule has 5 heteroatoms. The SMILES string of the molecule is C=CC1CC(=O)N(c2cnc(C#N)cn2)C1. The summed E-state index contributed by atoms with van der Waals surface area (Å²) in [5.41, 5.74) is 0.246. The fourth-order valence-corrected chi connectivity index (χ4v) is 1.63. The van der Waals surface area contributed by atoms with Gasteiger partial charge in [-0.15, -0.1) is 6.58 Å². The maximum atomic E-state index is 11.6. The molecule has 1 saturated heterocycles. The molecule has 2 rings (SSSR count). The molecule has 1 aromatic rings. The van der Waals surface area contributed by atoms with Gasteiger partial charge in [-0.25, -0.2) is 9.97 Å². The predicted octanol–water partition coefficient (Wildman–Crippen LogP) is 0.887. The Kier molecular flexibility index (Phi) is 2.64. The van der Waals surface area contributed by atoms with Crippen LogP contribution in [-0.2, 0) is 4.79 Å². The molecule has 0 spiro atoms.